The van der Waals surface area contributed by atoms with Crippen LogP contribution in [0.25, 0.3) is 5.76 Å². The molecule has 3 aromatic carbocycles. The Labute approximate surface area is 175 Å². The largest absolute Gasteiger partial charge is 0.507 e. The molecule has 1 aliphatic heterocycles. The van der Waals surface area contributed by atoms with E-state index in [0.717, 1.165) is 11.3 Å². The number of amides is 1. The van der Waals surface area contributed by atoms with Gasteiger partial charge in [0.1, 0.15) is 5.76 Å². The van der Waals surface area contributed by atoms with Crippen LogP contribution in [0.3, 0.4) is 0 Å². The fourth-order valence-electron chi connectivity index (χ4n) is 3.71. The first kappa shape index (κ1) is 19.5. The van der Waals surface area contributed by atoms with Crippen LogP contribution in [-0.2, 0) is 9.59 Å². The predicted molar refractivity (Wildman–Crippen MR) is 118 cm³/mol. The van der Waals surface area contributed by atoms with E-state index in [1.807, 2.05) is 79.7 Å². The molecule has 0 radical (unpaired) electrons. The molecule has 5 nitrogen and oxygen atoms in total. The van der Waals surface area contributed by atoms with Gasteiger partial charge >= 0.3 is 0 Å². The number of Topliss-reactive ketones (excluding diaryl/α,β-unsaturated/α-hetero) is 1. The fraction of sp³-hybridized carbons (Fsp3) is 0.120. The van der Waals surface area contributed by atoms with Crippen LogP contribution in [0.2, 0.25) is 0 Å². The van der Waals surface area contributed by atoms with Crippen LogP contribution in [0.15, 0.2) is 90.5 Å². The van der Waals surface area contributed by atoms with Crippen molar-refractivity contribution in [3.63, 3.8) is 0 Å². The van der Waals surface area contributed by atoms with Crippen LogP contribution in [-0.4, -0.2) is 30.9 Å². The molecule has 1 N–H and O–H groups in total. The van der Waals surface area contributed by atoms with Crippen LogP contribution in [0, 0.1) is 0 Å². The van der Waals surface area contributed by atoms with Gasteiger partial charge in [-0.15, -0.1) is 0 Å². The molecule has 5 heteroatoms. The van der Waals surface area contributed by atoms with E-state index in [0.29, 0.717) is 11.3 Å². The third-order valence-electron chi connectivity index (χ3n) is 5.25. The summed E-state index contributed by atoms with van der Waals surface area (Å²) in [5.74, 6) is -1.52. The number of rotatable bonds is 4. The first-order valence-corrected chi connectivity index (χ1v) is 9.68. The first-order chi connectivity index (χ1) is 14.5. The minimum Gasteiger partial charge on any atom is -0.507 e. The van der Waals surface area contributed by atoms with Gasteiger partial charge < -0.3 is 10.0 Å². The van der Waals surface area contributed by atoms with Gasteiger partial charge in [-0.25, -0.2) is 0 Å². The summed E-state index contributed by atoms with van der Waals surface area (Å²) in [6.07, 6.45) is 0. The molecule has 30 heavy (non-hydrogen) atoms. The van der Waals surface area contributed by atoms with Gasteiger partial charge in [0, 0.05) is 31.0 Å². The molecule has 1 atom stereocenters. The van der Waals surface area contributed by atoms with Crippen molar-refractivity contribution in [2.75, 3.05) is 23.9 Å². The molecule has 0 unspecified atom stereocenters. The van der Waals surface area contributed by atoms with E-state index in [1.54, 1.807) is 24.3 Å². The van der Waals surface area contributed by atoms with Crippen molar-refractivity contribution in [3.05, 3.63) is 102 Å². The van der Waals surface area contributed by atoms with Crippen molar-refractivity contribution in [1.82, 2.24) is 0 Å². The topological polar surface area (TPSA) is 60.9 Å². The fourth-order valence-corrected chi connectivity index (χ4v) is 3.71. The van der Waals surface area contributed by atoms with Crippen molar-refractivity contribution in [1.29, 1.82) is 0 Å². The molecule has 1 fully saturated rings. The molecule has 0 aliphatic carbocycles. The van der Waals surface area contributed by atoms with E-state index in [1.165, 1.54) is 4.90 Å². The van der Waals surface area contributed by atoms with Gasteiger partial charge in [-0.05, 0) is 29.8 Å². The zero-order valence-corrected chi connectivity index (χ0v) is 16.8. The Balaban J connectivity index is 1.90. The molecule has 0 bridgehead atoms. The third kappa shape index (κ3) is 3.35. The van der Waals surface area contributed by atoms with E-state index in [-0.39, 0.29) is 11.3 Å². The summed E-state index contributed by atoms with van der Waals surface area (Å²) in [5.41, 5.74) is 2.93. The van der Waals surface area contributed by atoms with Gasteiger partial charge in [0.15, 0.2) is 0 Å². The Bertz CT molecular complexity index is 1100. The highest BCUT2D eigenvalue weighted by Gasteiger charge is 2.46. The van der Waals surface area contributed by atoms with E-state index >= 15 is 0 Å². The molecule has 0 spiro atoms. The van der Waals surface area contributed by atoms with E-state index in [2.05, 4.69) is 0 Å². The zero-order chi connectivity index (χ0) is 21.3. The van der Waals surface area contributed by atoms with E-state index < -0.39 is 17.7 Å². The van der Waals surface area contributed by atoms with Crippen LogP contribution >= 0.6 is 0 Å². The summed E-state index contributed by atoms with van der Waals surface area (Å²) < 4.78 is 0. The smallest absolute Gasteiger partial charge is 0.300 e. The number of ketones is 1. The van der Waals surface area contributed by atoms with E-state index in [9.17, 15) is 14.7 Å². The Morgan fingerprint density at radius 1 is 0.833 bits per heavy atom. The Hall–Kier alpha value is -3.86. The Kier molecular flexibility index (Phi) is 5.11. The van der Waals surface area contributed by atoms with Gasteiger partial charge in [-0.2, -0.15) is 0 Å². The maximum Gasteiger partial charge on any atom is 0.300 e. The van der Waals surface area contributed by atoms with Crippen molar-refractivity contribution in [3.8, 4) is 0 Å². The summed E-state index contributed by atoms with van der Waals surface area (Å²) in [6.45, 7) is 0. The molecule has 3 aromatic rings. The molecule has 0 aromatic heterocycles. The van der Waals surface area contributed by atoms with Crippen molar-refractivity contribution in [2.24, 2.45) is 0 Å². The summed E-state index contributed by atoms with van der Waals surface area (Å²) in [6, 6.07) is 24.8. The Morgan fingerprint density at radius 3 is 1.97 bits per heavy atom. The highest BCUT2D eigenvalue weighted by Crippen LogP contribution is 2.42. The Morgan fingerprint density at radius 2 is 1.40 bits per heavy atom. The number of nitrogens with zero attached hydrogens (tertiary/aromatic N) is 2. The lowest BCUT2D eigenvalue weighted by molar-refractivity contribution is -0.132. The second-order valence-electron chi connectivity index (χ2n) is 7.36. The van der Waals surface area contributed by atoms with Crippen LogP contribution < -0.4 is 9.80 Å². The van der Waals surface area contributed by atoms with Gasteiger partial charge in [0.25, 0.3) is 11.7 Å². The number of aliphatic hydroxyl groups excluding tert-OH is 1. The normalized spacial score (nSPS) is 17.9. The number of benzene rings is 3. The molecule has 1 heterocycles. The summed E-state index contributed by atoms with van der Waals surface area (Å²) in [7, 11) is 3.87. The highest BCUT2D eigenvalue weighted by atomic mass is 16.3. The second kappa shape index (κ2) is 7.87. The summed E-state index contributed by atoms with van der Waals surface area (Å²) in [4.78, 5) is 29.5. The summed E-state index contributed by atoms with van der Waals surface area (Å²) >= 11 is 0. The van der Waals surface area contributed by atoms with Gasteiger partial charge in [-0.3, -0.25) is 14.5 Å². The lowest BCUT2D eigenvalue weighted by Gasteiger charge is -2.26. The standard InChI is InChI=1S/C25H22N2O3/c1-26(2)19-13-15-20(16-14-19)27-22(17-9-5-3-6-10-17)21(24(29)25(27)30)23(28)18-11-7-4-8-12-18/h3-16,22,28H,1-2H3/t22-/m1/s1. The monoisotopic (exact) mass is 398 g/mol. The minimum atomic E-state index is -0.711. The van der Waals surface area contributed by atoms with Crippen molar-refractivity contribution in [2.45, 2.75) is 6.04 Å². The third-order valence-corrected chi connectivity index (χ3v) is 5.25. The van der Waals surface area contributed by atoms with Crippen molar-refractivity contribution >= 4 is 28.8 Å². The minimum absolute atomic E-state index is 0.0917. The lowest BCUT2D eigenvalue weighted by atomic mass is 9.95. The number of anilines is 2. The molecular weight excluding hydrogens is 376 g/mol. The molecule has 1 amide bonds. The SMILES string of the molecule is CN(C)c1ccc(N2C(=O)C(=O)C(=C(O)c3ccccc3)[C@H]2c2ccccc2)cc1. The predicted octanol–water partition coefficient (Wildman–Crippen LogP) is 4.38. The van der Waals surface area contributed by atoms with Gasteiger partial charge in [0.2, 0.25) is 0 Å². The maximum absolute atomic E-state index is 13.1. The highest BCUT2D eigenvalue weighted by molar-refractivity contribution is 6.51. The van der Waals surface area contributed by atoms with Crippen molar-refractivity contribution < 1.29 is 14.7 Å². The van der Waals surface area contributed by atoms with Crippen LogP contribution in [0.1, 0.15) is 17.2 Å². The summed E-state index contributed by atoms with van der Waals surface area (Å²) in [5, 5.41) is 11.0. The number of hydrogen-bond donors (Lipinski definition) is 1. The van der Waals surface area contributed by atoms with E-state index in [4.69, 9.17) is 0 Å². The number of hydrogen-bond acceptors (Lipinski definition) is 4. The van der Waals surface area contributed by atoms with Crippen LogP contribution in [0.4, 0.5) is 11.4 Å². The molecular formula is C25H22N2O3. The molecule has 150 valence electrons. The molecule has 1 aliphatic rings. The number of carbonyl (C=O) groups excluding carboxylic acids is 2. The van der Waals surface area contributed by atoms with Gasteiger partial charge in [0.05, 0.1) is 11.6 Å². The molecule has 4 rings (SSSR count). The zero-order valence-electron chi connectivity index (χ0n) is 16.8. The lowest BCUT2D eigenvalue weighted by Crippen LogP contribution is -2.29. The van der Waals surface area contributed by atoms with Gasteiger partial charge in [-0.1, -0.05) is 60.7 Å². The molecule has 0 saturated carbocycles. The second-order valence-corrected chi connectivity index (χ2v) is 7.36. The quantitative estimate of drug-likeness (QED) is 0.403. The number of aliphatic hydroxyl groups is 1. The first-order valence-electron chi connectivity index (χ1n) is 9.68. The average molecular weight is 398 g/mol. The molecule has 1 saturated heterocycles. The maximum atomic E-state index is 13.1. The number of carbonyl (C=O) groups is 2. The average Bonchev–Trinajstić information content (AvgIpc) is 3.05. The van der Waals surface area contributed by atoms with Crippen LogP contribution in [0.5, 0.6) is 0 Å².